The van der Waals surface area contributed by atoms with Gasteiger partial charge in [0.25, 0.3) is 0 Å². The number of aliphatic hydroxyl groups is 1. The molecular formula is C52H58O11S. The maximum absolute atomic E-state index is 14.5. The van der Waals surface area contributed by atoms with Gasteiger partial charge in [-0.1, -0.05) is 165 Å². The van der Waals surface area contributed by atoms with Crippen molar-refractivity contribution in [3.8, 4) is 0 Å². The molecule has 2 aliphatic heterocycles. The van der Waals surface area contributed by atoms with Crippen LogP contribution in [0.25, 0.3) is 0 Å². The Balaban J connectivity index is 1.24. The number of ether oxygens (including phenoxy) is 9. The maximum Gasteiger partial charge on any atom is 0.338 e. The maximum atomic E-state index is 14.5. The number of aliphatic hydroxyl groups excluding tert-OH is 1. The van der Waals surface area contributed by atoms with E-state index in [1.165, 1.54) is 11.8 Å². The summed E-state index contributed by atoms with van der Waals surface area (Å²) in [5.74, 6) is -0.0155. The number of esters is 1. The molecule has 1 N–H and O–H groups in total. The first-order valence-electron chi connectivity index (χ1n) is 21.8. The van der Waals surface area contributed by atoms with Crippen molar-refractivity contribution in [1.82, 2.24) is 0 Å². The topological polar surface area (TPSA) is 120 Å². The van der Waals surface area contributed by atoms with Gasteiger partial charge in [-0.05, 0) is 33.6 Å². The molecule has 0 saturated carbocycles. The van der Waals surface area contributed by atoms with E-state index in [9.17, 15) is 9.90 Å². The first-order chi connectivity index (χ1) is 31.5. The van der Waals surface area contributed by atoms with Crippen LogP contribution < -0.4 is 0 Å². The van der Waals surface area contributed by atoms with E-state index in [1.807, 2.05) is 159 Å². The lowest BCUT2D eigenvalue weighted by Gasteiger charge is -2.49. The standard InChI is InChI=1S/C52H58O11S/c1-3-30-56-44-43(53)42(36-55-31-37-20-10-5-11-21-37)61-52(64-4-2)49(44)63-51-48(59-34-40-26-16-8-17-27-40)46(58-33-39-24-14-7-15-25-39)45(57-32-38-22-12-6-13-23-38)47(62-51)50(54)60-35-41-28-18-9-19-29-41/h3,5-29,42-49,51-53H,1,4,30-36H2,2H3/t42-,43-,44+,45+,46+,47+,48-,49+,51+,52-/m1/s1. The molecule has 0 bridgehead atoms. The first kappa shape index (κ1) is 47.3. The van der Waals surface area contributed by atoms with Gasteiger partial charge in [0.2, 0.25) is 0 Å². The molecule has 0 aliphatic carbocycles. The second kappa shape index (κ2) is 25.1. The van der Waals surface area contributed by atoms with Crippen LogP contribution in [0.1, 0.15) is 34.7 Å². The van der Waals surface area contributed by atoms with Crippen molar-refractivity contribution in [1.29, 1.82) is 0 Å². The van der Waals surface area contributed by atoms with E-state index < -0.39 is 66.5 Å². The van der Waals surface area contributed by atoms with Crippen LogP contribution in [0.4, 0.5) is 0 Å². The zero-order valence-electron chi connectivity index (χ0n) is 36.1. The van der Waals surface area contributed by atoms with Crippen LogP contribution in [-0.2, 0) is 80.5 Å². The molecule has 12 heteroatoms. The molecule has 5 aromatic carbocycles. The van der Waals surface area contributed by atoms with Crippen LogP contribution in [0.3, 0.4) is 0 Å². The Hall–Kier alpha value is -4.70. The third kappa shape index (κ3) is 13.4. The summed E-state index contributed by atoms with van der Waals surface area (Å²) in [6.07, 6.45) is -7.76. The van der Waals surface area contributed by atoms with Gasteiger partial charge in [0.1, 0.15) is 54.8 Å². The molecule has 338 valence electrons. The average molecular weight is 891 g/mol. The summed E-state index contributed by atoms with van der Waals surface area (Å²) in [5, 5.41) is 12.0. The van der Waals surface area contributed by atoms with Gasteiger partial charge in [-0.2, -0.15) is 0 Å². The molecule has 0 aromatic heterocycles. The number of benzene rings is 5. The van der Waals surface area contributed by atoms with E-state index in [1.54, 1.807) is 6.08 Å². The Bertz CT molecular complexity index is 2080. The van der Waals surface area contributed by atoms with Gasteiger partial charge >= 0.3 is 5.97 Å². The van der Waals surface area contributed by atoms with Gasteiger partial charge in [0.15, 0.2) is 12.4 Å². The molecule has 11 nitrogen and oxygen atoms in total. The van der Waals surface area contributed by atoms with Crippen LogP contribution in [0.5, 0.6) is 0 Å². The van der Waals surface area contributed by atoms with E-state index in [2.05, 4.69) is 6.58 Å². The number of hydrogen-bond acceptors (Lipinski definition) is 12. The van der Waals surface area contributed by atoms with Crippen LogP contribution in [0.2, 0.25) is 0 Å². The zero-order valence-corrected chi connectivity index (χ0v) is 36.9. The minimum atomic E-state index is -1.34. The van der Waals surface area contributed by atoms with Gasteiger partial charge in [-0.25, -0.2) is 4.79 Å². The summed E-state index contributed by atoms with van der Waals surface area (Å²) in [4.78, 5) is 14.5. The Labute approximate surface area is 380 Å². The third-order valence-corrected chi connectivity index (χ3v) is 11.9. The van der Waals surface area contributed by atoms with E-state index in [0.717, 1.165) is 27.8 Å². The van der Waals surface area contributed by atoms with Gasteiger partial charge in [0.05, 0.1) is 39.6 Å². The van der Waals surface area contributed by atoms with E-state index in [0.29, 0.717) is 12.4 Å². The van der Waals surface area contributed by atoms with Crippen molar-refractivity contribution in [3.63, 3.8) is 0 Å². The number of hydrogen-bond donors (Lipinski definition) is 1. The fraction of sp³-hybridized carbons (Fsp3) is 0.365. The van der Waals surface area contributed by atoms with E-state index in [4.69, 9.17) is 42.6 Å². The Morgan fingerprint density at radius 3 is 1.56 bits per heavy atom. The average Bonchev–Trinajstić information content (AvgIpc) is 3.34. The SMILES string of the molecule is C=CCO[C@H]1[C@H](O)[C@@H](COCc2ccccc2)O[C@H](SCC)[C@H]1O[C@@H]1O[C@H](C(=O)OCc2ccccc2)[C@@H](OCc2ccccc2)[C@H](OCc2ccccc2)[C@H]1OCc1ccccc1. The molecule has 2 aliphatic rings. The highest BCUT2D eigenvalue weighted by atomic mass is 32.2. The summed E-state index contributed by atoms with van der Waals surface area (Å²) >= 11 is 1.50. The van der Waals surface area contributed by atoms with Gasteiger partial charge in [-0.15, -0.1) is 18.3 Å². The van der Waals surface area contributed by atoms with Crippen molar-refractivity contribution < 1.29 is 52.5 Å². The van der Waals surface area contributed by atoms with Crippen molar-refractivity contribution in [2.24, 2.45) is 0 Å². The predicted octanol–water partition coefficient (Wildman–Crippen LogP) is 8.22. The largest absolute Gasteiger partial charge is 0.459 e. The molecule has 0 spiro atoms. The van der Waals surface area contributed by atoms with Gasteiger partial charge < -0.3 is 47.7 Å². The first-order valence-corrected chi connectivity index (χ1v) is 22.8. The van der Waals surface area contributed by atoms with Crippen LogP contribution in [0, 0.1) is 0 Å². The second-order valence-electron chi connectivity index (χ2n) is 15.5. The third-order valence-electron chi connectivity index (χ3n) is 10.8. The molecule has 10 atom stereocenters. The predicted molar refractivity (Wildman–Crippen MR) is 244 cm³/mol. The van der Waals surface area contributed by atoms with Gasteiger partial charge in [-0.3, -0.25) is 0 Å². The molecule has 2 heterocycles. The lowest BCUT2D eigenvalue weighted by molar-refractivity contribution is -0.348. The number of carbonyl (C=O) groups excluding carboxylic acids is 1. The molecule has 2 saturated heterocycles. The smallest absolute Gasteiger partial charge is 0.338 e. The summed E-state index contributed by atoms with van der Waals surface area (Å²) in [6, 6.07) is 48.4. The lowest BCUT2D eigenvalue weighted by atomic mass is 9.96. The second-order valence-corrected chi connectivity index (χ2v) is 16.9. The van der Waals surface area contributed by atoms with Crippen molar-refractivity contribution in [2.45, 2.75) is 101 Å². The van der Waals surface area contributed by atoms with Crippen LogP contribution in [-0.4, -0.2) is 90.6 Å². The quantitative estimate of drug-likeness (QED) is 0.0503. The fourth-order valence-electron chi connectivity index (χ4n) is 7.63. The van der Waals surface area contributed by atoms with E-state index >= 15 is 0 Å². The normalized spacial score (nSPS) is 25.7. The molecule has 0 unspecified atom stereocenters. The molecule has 0 radical (unpaired) electrons. The highest BCUT2D eigenvalue weighted by molar-refractivity contribution is 7.99. The molecule has 2 fully saturated rings. The Morgan fingerprint density at radius 1 is 0.594 bits per heavy atom. The zero-order chi connectivity index (χ0) is 44.4. The van der Waals surface area contributed by atoms with Gasteiger partial charge in [0, 0.05) is 0 Å². The Kier molecular flexibility index (Phi) is 18.5. The Morgan fingerprint density at radius 2 is 1.06 bits per heavy atom. The monoisotopic (exact) mass is 890 g/mol. The molecule has 64 heavy (non-hydrogen) atoms. The fourth-order valence-corrected chi connectivity index (χ4v) is 8.59. The number of thioether (sulfide) groups is 1. The lowest BCUT2D eigenvalue weighted by Crippen LogP contribution is -2.66. The van der Waals surface area contributed by atoms with Crippen molar-refractivity contribution in [3.05, 3.63) is 192 Å². The minimum Gasteiger partial charge on any atom is -0.459 e. The summed E-state index contributed by atoms with van der Waals surface area (Å²) < 4.78 is 59.3. The van der Waals surface area contributed by atoms with Crippen molar-refractivity contribution >= 4 is 17.7 Å². The summed E-state index contributed by atoms with van der Waals surface area (Å²) in [7, 11) is 0. The molecule has 5 aromatic rings. The van der Waals surface area contributed by atoms with Crippen molar-refractivity contribution in [2.75, 3.05) is 19.0 Å². The number of rotatable bonds is 23. The van der Waals surface area contributed by atoms with Crippen LogP contribution >= 0.6 is 11.8 Å². The molecule has 7 rings (SSSR count). The summed E-state index contributed by atoms with van der Waals surface area (Å²) in [5.41, 5.74) is 3.83. The van der Waals surface area contributed by atoms with E-state index in [-0.39, 0.29) is 39.6 Å². The van der Waals surface area contributed by atoms with Crippen LogP contribution in [0.15, 0.2) is 164 Å². The highest BCUT2D eigenvalue weighted by Crippen LogP contribution is 2.38. The molecule has 0 amide bonds. The molecular weight excluding hydrogens is 833 g/mol. The highest BCUT2D eigenvalue weighted by Gasteiger charge is 2.55. The summed E-state index contributed by atoms with van der Waals surface area (Å²) in [6.45, 7) is 6.91. The number of carbonyl (C=O) groups is 1. The minimum absolute atomic E-state index is 0.00298.